The van der Waals surface area contributed by atoms with Crippen LogP contribution in [-0.2, 0) is 27.1 Å². The maximum atomic E-state index is 13.1. The topological polar surface area (TPSA) is 134 Å². The van der Waals surface area contributed by atoms with Crippen molar-refractivity contribution in [2.75, 3.05) is 36.8 Å². The number of piperidine rings is 1. The fourth-order valence-electron chi connectivity index (χ4n) is 7.72. The van der Waals surface area contributed by atoms with Crippen LogP contribution in [-0.4, -0.2) is 62.5 Å². The Morgan fingerprint density at radius 2 is 1.54 bits per heavy atom. The summed E-state index contributed by atoms with van der Waals surface area (Å²) in [5.74, 6) is 0.477. The summed E-state index contributed by atoms with van der Waals surface area (Å²) in [6, 6.07) is 40.6. The van der Waals surface area contributed by atoms with E-state index in [2.05, 4.69) is 59.7 Å². The van der Waals surface area contributed by atoms with E-state index < -0.39 is 14.4 Å². The van der Waals surface area contributed by atoms with Gasteiger partial charge in [0.1, 0.15) is 18.5 Å². The van der Waals surface area contributed by atoms with E-state index in [0.29, 0.717) is 73.2 Å². The van der Waals surface area contributed by atoms with Gasteiger partial charge in [0.05, 0.1) is 28.0 Å². The Labute approximate surface area is 388 Å². The molecular weight excluding hydrogens is 854 g/mol. The van der Waals surface area contributed by atoms with Gasteiger partial charge in [-0.05, 0) is 83.6 Å². The van der Waals surface area contributed by atoms with E-state index in [1.54, 1.807) is 6.07 Å². The van der Waals surface area contributed by atoms with Gasteiger partial charge in [-0.2, -0.15) is 0 Å². The summed E-state index contributed by atoms with van der Waals surface area (Å²) in [6.45, 7) is 14.6. The second kappa shape index (κ2) is 21.5. The minimum Gasteiger partial charge on any atom is -0.487 e. The highest BCUT2D eigenvalue weighted by Crippen LogP contribution is 2.41. The molecule has 2 heterocycles. The van der Waals surface area contributed by atoms with Crippen molar-refractivity contribution >= 4 is 54.2 Å². The number of nitrogens with one attached hydrogen (secondary N) is 4. The fraction of sp³-hybridized carbons (Fsp3) is 0.327. The first-order valence-electron chi connectivity index (χ1n) is 22.4. The molecule has 0 bridgehead atoms. The molecular formula is C52H60ClN5O6Si. The van der Waals surface area contributed by atoms with E-state index >= 15 is 0 Å². The molecule has 0 unspecified atom stereocenters. The first-order valence-corrected chi connectivity index (χ1v) is 25.6. The number of aromatic nitrogens is 1. The van der Waals surface area contributed by atoms with Crippen LogP contribution in [0.2, 0.25) is 23.2 Å². The SMILES string of the molecule is CC(C)(C)[Si](C)(C)O[C@H](CNCc1ccc(NC(=O)CCN2CCC(OC(=O)Nc3ccccc3-c3ccccc3)CC2)c(Cl)c1)c1ccc(OCc2ccccc2)c2[nH]c(=O)ccc12. The molecule has 13 heteroatoms. The number of H-pyrrole nitrogens is 1. The van der Waals surface area contributed by atoms with Crippen molar-refractivity contribution in [3.05, 3.63) is 159 Å². The standard InChI is InChI=1S/C52H60ClN5O6Si/c1-52(2,3)65(4,5)64-47(41-21-24-46(50-42(41)22-25-48(59)57-50)62-35-36-14-8-6-9-15-36)34-54-33-37-20-23-45(43(53)32-37)55-49(60)28-31-58-29-26-39(27-30-58)63-51(61)56-44-19-13-12-18-40(44)38-16-10-7-11-17-38/h6-25,32,39,47,54H,26-31,33-35H2,1-5H3,(H,55,60)(H,56,61)(H,57,59)/t47-/m1/s1. The number of benzene rings is 5. The van der Waals surface area contributed by atoms with Crippen molar-refractivity contribution in [2.45, 2.75) is 83.5 Å². The van der Waals surface area contributed by atoms with Gasteiger partial charge in [0.15, 0.2) is 8.32 Å². The molecule has 1 fully saturated rings. The van der Waals surface area contributed by atoms with Crippen LogP contribution in [0, 0.1) is 0 Å². The molecule has 4 N–H and O–H groups in total. The highest BCUT2D eigenvalue weighted by atomic mass is 35.5. The number of carbonyl (C=O) groups excluding carboxylic acids is 2. The average Bonchev–Trinajstić information content (AvgIpc) is 3.29. The number of hydrogen-bond donors (Lipinski definition) is 4. The molecule has 65 heavy (non-hydrogen) atoms. The number of carbonyl (C=O) groups is 2. The minimum atomic E-state index is -2.26. The van der Waals surface area contributed by atoms with Crippen LogP contribution >= 0.6 is 11.6 Å². The number of halogens is 1. The Bertz CT molecular complexity index is 2610. The number of nitrogens with zero attached hydrogens (tertiary/aromatic N) is 1. The minimum absolute atomic E-state index is 0.0371. The quantitative estimate of drug-likeness (QED) is 0.0665. The Morgan fingerprint density at radius 1 is 0.831 bits per heavy atom. The molecule has 0 aliphatic carbocycles. The van der Waals surface area contributed by atoms with Crippen LogP contribution in [0.3, 0.4) is 0 Å². The van der Waals surface area contributed by atoms with E-state index in [1.165, 1.54) is 0 Å². The van der Waals surface area contributed by atoms with Crippen molar-refractivity contribution in [1.29, 1.82) is 0 Å². The zero-order chi connectivity index (χ0) is 46.0. The van der Waals surface area contributed by atoms with E-state index in [1.807, 2.05) is 121 Å². The van der Waals surface area contributed by atoms with Gasteiger partial charge in [-0.25, -0.2) is 4.79 Å². The van der Waals surface area contributed by atoms with Crippen LogP contribution in [0.15, 0.2) is 132 Å². The second-order valence-electron chi connectivity index (χ2n) is 18.1. The first kappa shape index (κ1) is 47.2. The number of hydrogen-bond acceptors (Lipinski definition) is 8. The molecule has 1 aromatic heterocycles. The molecule has 1 atom stereocenters. The van der Waals surface area contributed by atoms with Crippen LogP contribution in [0.5, 0.6) is 5.75 Å². The number of fused-ring (bicyclic) bond motifs is 1. The fourth-order valence-corrected chi connectivity index (χ4v) is 9.25. The molecule has 340 valence electrons. The number of pyridine rings is 1. The molecule has 0 spiro atoms. The van der Waals surface area contributed by atoms with Gasteiger partial charge in [0, 0.05) is 56.2 Å². The van der Waals surface area contributed by atoms with Crippen molar-refractivity contribution in [1.82, 2.24) is 15.2 Å². The monoisotopic (exact) mass is 913 g/mol. The zero-order valence-corrected chi connectivity index (χ0v) is 39.7. The van der Waals surface area contributed by atoms with Gasteiger partial charge in [-0.3, -0.25) is 14.9 Å². The van der Waals surface area contributed by atoms with E-state index in [0.717, 1.165) is 46.3 Å². The molecule has 5 aromatic carbocycles. The van der Waals surface area contributed by atoms with Gasteiger partial charge < -0.3 is 34.4 Å². The summed E-state index contributed by atoms with van der Waals surface area (Å²) >= 11 is 6.74. The summed E-state index contributed by atoms with van der Waals surface area (Å²) in [6.07, 6.45) is 0.689. The van der Waals surface area contributed by atoms with Crippen LogP contribution < -0.4 is 26.2 Å². The Hall–Kier alpha value is -5.76. The number of ether oxygens (including phenoxy) is 2. The third-order valence-electron chi connectivity index (χ3n) is 12.4. The first-order chi connectivity index (χ1) is 31.2. The van der Waals surface area contributed by atoms with Gasteiger partial charge in [0.2, 0.25) is 11.5 Å². The lowest BCUT2D eigenvalue weighted by molar-refractivity contribution is -0.116. The molecule has 1 aliphatic heterocycles. The Balaban J connectivity index is 0.904. The summed E-state index contributed by atoms with van der Waals surface area (Å²) in [5.41, 5.74) is 6.58. The predicted molar refractivity (Wildman–Crippen MR) is 264 cm³/mol. The molecule has 0 radical (unpaired) electrons. The number of aromatic amines is 1. The molecule has 7 rings (SSSR count). The van der Waals surface area contributed by atoms with Crippen molar-refractivity contribution in [3.8, 4) is 16.9 Å². The lowest BCUT2D eigenvalue weighted by Crippen LogP contribution is -2.43. The van der Waals surface area contributed by atoms with Crippen LogP contribution in [0.25, 0.3) is 22.0 Å². The highest BCUT2D eigenvalue weighted by molar-refractivity contribution is 6.74. The third kappa shape index (κ3) is 12.7. The normalized spacial score (nSPS) is 14.2. The third-order valence-corrected chi connectivity index (χ3v) is 17.2. The summed E-state index contributed by atoms with van der Waals surface area (Å²) in [5, 5.41) is 10.8. The van der Waals surface area contributed by atoms with Crippen molar-refractivity contribution in [2.24, 2.45) is 0 Å². The van der Waals surface area contributed by atoms with Gasteiger partial charge in [0.25, 0.3) is 0 Å². The lowest BCUT2D eigenvalue weighted by atomic mass is 10.0. The number of amides is 2. The Morgan fingerprint density at radius 3 is 2.26 bits per heavy atom. The van der Waals surface area contributed by atoms with E-state index in [9.17, 15) is 14.4 Å². The van der Waals surface area contributed by atoms with E-state index in [4.69, 9.17) is 25.5 Å². The second-order valence-corrected chi connectivity index (χ2v) is 23.3. The molecule has 1 saturated heterocycles. The number of likely N-dealkylation sites (tertiary alicyclic amines) is 1. The number of para-hydroxylation sites is 1. The Kier molecular flexibility index (Phi) is 15.6. The largest absolute Gasteiger partial charge is 0.487 e. The molecule has 6 aromatic rings. The van der Waals surface area contributed by atoms with Gasteiger partial charge >= 0.3 is 6.09 Å². The maximum absolute atomic E-state index is 13.1. The molecule has 1 aliphatic rings. The number of anilines is 2. The van der Waals surface area contributed by atoms with Crippen molar-refractivity contribution in [3.63, 3.8) is 0 Å². The van der Waals surface area contributed by atoms with Crippen LogP contribution in [0.1, 0.15) is 62.8 Å². The summed E-state index contributed by atoms with van der Waals surface area (Å²) < 4.78 is 19.1. The smallest absolute Gasteiger partial charge is 0.411 e. The molecule has 0 saturated carbocycles. The lowest BCUT2D eigenvalue weighted by Gasteiger charge is -2.39. The number of rotatable bonds is 17. The van der Waals surface area contributed by atoms with Gasteiger partial charge in [-0.15, -0.1) is 0 Å². The van der Waals surface area contributed by atoms with E-state index in [-0.39, 0.29) is 28.7 Å². The maximum Gasteiger partial charge on any atom is 0.411 e. The molecule has 11 nitrogen and oxygen atoms in total. The van der Waals surface area contributed by atoms with Gasteiger partial charge in [-0.1, -0.05) is 123 Å². The molecule has 2 amide bonds. The predicted octanol–water partition coefficient (Wildman–Crippen LogP) is 11.3. The summed E-state index contributed by atoms with van der Waals surface area (Å²) in [7, 11) is -2.26. The highest BCUT2D eigenvalue weighted by Gasteiger charge is 2.40. The van der Waals surface area contributed by atoms with Crippen molar-refractivity contribution < 1.29 is 23.5 Å². The summed E-state index contributed by atoms with van der Waals surface area (Å²) in [4.78, 5) is 43.8. The average molecular weight is 915 g/mol. The zero-order valence-electron chi connectivity index (χ0n) is 37.9. The van der Waals surface area contributed by atoms with Crippen LogP contribution in [0.4, 0.5) is 16.2 Å².